The van der Waals surface area contributed by atoms with E-state index in [4.69, 9.17) is 0 Å². The largest absolute Gasteiger partial charge is 0.351 e. The van der Waals surface area contributed by atoms with Crippen molar-refractivity contribution >= 4 is 34.5 Å². The first-order chi connectivity index (χ1) is 22.5. The molecule has 1 saturated carbocycles. The Morgan fingerprint density at radius 3 is 2.43 bits per heavy atom. The van der Waals surface area contributed by atoms with Crippen molar-refractivity contribution in [1.82, 2.24) is 25.0 Å². The third-order valence-corrected chi connectivity index (χ3v) is 10.1. The average Bonchev–Trinajstić information content (AvgIpc) is 3.68. The number of rotatable bonds is 7. The normalized spacial score (nSPS) is 22.5. The molecule has 6 rings (SSSR count). The van der Waals surface area contributed by atoms with E-state index in [1.165, 1.54) is 31.2 Å². The van der Waals surface area contributed by atoms with Gasteiger partial charge in [-0.2, -0.15) is 0 Å². The second kappa shape index (κ2) is 13.4. The van der Waals surface area contributed by atoms with Crippen molar-refractivity contribution in [1.29, 1.82) is 0 Å². The molecule has 0 radical (unpaired) electrons. The number of carbonyl (C=O) groups is 4. The van der Waals surface area contributed by atoms with Gasteiger partial charge in [-0.15, -0.1) is 0 Å². The van der Waals surface area contributed by atoms with Crippen molar-refractivity contribution in [3.05, 3.63) is 71.4 Å². The van der Waals surface area contributed by atoms with Crippen molar-refractivity contribution in [2.45, 2.75) is 102 Å². The second-order valence-corrected chi connectivity index (χ2v) is 13.4. The van der Waals surface area contributed by atoms with Gasteiger partial charge in [-0.05, 0) is 55.9 Å². The Balaban J connectivity index is 1.27. The molecule has 3 fully saturated rings. The summed E-state index contributed by atoms with van der Waals surface area (Å²) in [6, 6.07) is 13.6. The molecule has 3 aromatic rings. The van der Waals surface area contributed by atoms with Gasteiger partial charge >= 0.3 is 0 Å². The first kappa shape index (κ1) is 32.7. The first-order valence-corrected chi connectivity index (χ1v) is 16.7. The molecule has 9 nitrogen and oxygen atoms in total. The zero-order valence-electron chi connectivity index (χ0n) is 27.0. The van der Waals surface area contributed by atoms with E-state index in [1.54, 1.807) is 9.80 Å². The highest BCUT2D eigenvalue weighted by Gasteiger charge is 2.47. The van der Waals surface area contributed by atoms with E-state index >= 15 is 0 Å². The molecule has 0 spiro atoms. The van der Waals surface area contributed by atoms with Gasteiger partial charge in [-0.1, -0.05) is 55.7 Å². The Hall–Kier alpha value is -4.28. The van der Waals surface area contributed by atoms with Gasteiger partial charge in [-0.25, -0.2) is 8.78 Å². The fourth-order valence-corrected chi connectivity index (χ4v) is 7.53. The van der Waals surface area contributed by atoms with Crippen molar-refractivity contribution in [2.75, 3.05) is 13.1 Å². The maximum atomic E-state index is 14.5. The van der Waals surface area contributed by atoms with Gasteiger partial charge in [0.05, 0.1) is 0 Å². The number of aromatic nitrogens is 1. The van der Waals surface area contributed by atoms with Crippen LogP contribution in [0.3, 0.4) is 0 Å². The lowest BCUT2D eigenvalue weighted by Crippen LogP contribution is -2.61. The molecule has 0 unspecified atom stereocenters. The number of amides is 4. The number of alkyl halides is 2. The lowest BCUT2D eigenvalue weighted by Gasteiger charge is -2.41. The monoisotopic (exact) mass is 647 g/mol. The number of benzene rings is 2. The Labute approximate surface area is 273 Å². The van der Waals surface area contributed by atoms with Crippen molar-refractivity contribution in [3.8, 4) is 0 Å². The number of fused-ring (bicyclic) bond motifs is 2. The third kappa shape index (κ3) is 7.04. The highest BCUT2D eigenvalue weighted by molar-refractivity contribution is 6.01. The molecular formula is C36H43F2N5O4. The van der Waals surface area contributed by atoms with Gasteiger partial charge in [0.1, 0.15) is 17.8 Å². The summed E-state index contributed by atoms with van der Waals surface area (Å²) in [7, 11) is 0. The van der Waals surface area contributed by atoms with Crippen molar-refractivity contribution in [3.63, 3.8) is 0 Å². The number of nitrogens with one attached hydrogen (secondary N) is 2. The average molecular weight is 648 g/mol. The van der Waals surface area contributed by atoms with Gasteiger partial charge in [-0.3, -0.25) is 19.2 Å². The Morgan fingerprint density at radius 2 is 1.72 bits per heavy atom. The molecule has 2 aromatic carbocycles. The predicted octanol–water partition coefficient (Wildman–Crippen LogP) is 5.35. The number of aromatic amines is 1. The fraction of sp³-hybridized carbons (Fsp3) is 0.500. The molecular weight excluding hydrogens is 604 g/mol. The standard InChI is InChI=1S/C36H43F2N5O4/c1-23(44)41-18-17-28-14-16-32(35(47)42(27-11-7-4-8-12-27)21-24-9-5-3-6-10-24)43(28)34(46)31(22-41)40-33(45)30-20-25-19-26(36(2,37)38)13-15-29(25)39-30/h3,5-6,9-10,13,15,19-20,27-28,31-32,39H,4,7-8,11-12,14,16-18,21-22H2,1-2H3,(H,40,45)/t28-,31+,32+/m1/s1. The predicted molar refractivity (Wildman–Crippen MR) is 174 cm³/mol. The lowest BCUT2D eigenvalue weighted by atomic mass is 9.93. The Morgan fingerprint density at radius 1 is 0.979 bits per heavy atom. The van der Waals surface area contributed by atoms with E-state index < -0.39 is 29.8 Å². The highest BCUT2D eigenvalue weighted by atomic mass is 19.3. The number of hydrogen-bond donors (Lipinski definition) is 2. The molecule has 3 aliphatic rings. The molecule has 250 valence electrons. The van der Waals surface area contributed by atoms with Crippen LogP contribution in [0.1, 0.15) is 86.8 Å². The van der Waals surface area contributed by atoms with Gasteiger partial charge in [0, 0.05) is 62.0 Å². The summed E-state index contributed by atoms with van der Waals surface area (Å²) in [5, 5.41) is 3.26. The molecule has 2 N–H and O–H groups in total. The van der Waals surface area contributed by atoms with E-state index in [9.17, 15) is 28.0 Å². The molecule has 4 amide bonds. The van der Waals surface area contributed by atoms with E-state index in [-0.39, 0.29) is 41.7 Å². The topological polar surface area (TPSA) is 106 Å². The van der Waals surface area contributed by atoms with E-state index in [2.05, 4.69) is 10.3 Å². The lowest BCUT2D eigenvalue weighted by molar-refractivity contribution is -0.150. The number of nitrogens with zero attached hydrogens (tertiary/aromatic N) is 3. The molecule has 11 heteroatoms. The quantitative estimate of drug-likeness (QED) is 0.361. The van der Waals surface area contributed by atoms with Gasteiger partial charge < -0.3 is 25.0 Å². The maximum absolute atomic E-state index is 14.5. The summed E-state index contributed by atoms with van der Waals surface area (Å²) in [4.78, 5) is 63.2. The fourth-order valence-electron chi connectivity index (χ4n) is 7.53. The van der Waals surface area contributed by atoms with Crippen molar-refractivity contribution in [2.24, 2.45) is 0 Å². The van der Waals surface area contributed by atoms with E-state index in [1.807, 2.05) is 35.2 Å². The number of H-pyrrole nitrogens is 1. The van der Waals surface area contributed by atoms with Crippen LogP contribution >= 0.6 is 0 Å². The summed E-state index contributed by atoms with van der Waals surface area (Å²) < 4.78 is 27.9. The van der Waals surface area contributed by atoms with Crippen molar-refractivity contribution < 1.29 is 28.0 Å². The van der Waals surface area contributed by atoms with Crippen LogP contribution in [0.2, 0.25) is 0 Å². The van der Waals surface area contributed by atoms with Crippen LogP contribution in [-0.2, 0) is 26.9 Å². The first-order valence-electron chi connectivity index (χ1n) is 16.7. The van der Waals surface area contributed by atoms with Crippen LogP contribution in [0.5, 0.6) is 0 Å². The zero-order chi connectivity index (χ0) is 33.3. The van der Waals surface area contributed by atoms with Crippen LogP contribution in [-0.4, -0.2) is 80.6 Å². The molecule has 2 saturated heterocycles. The van der Waals surface area contributed by atoms with Crippen LogP contribution in [0.15, 0.2) is 54.6 Å². The molecule has 47 heavy (non-hydrogen) atoms. The summed E-state index contributed by atoms with van der Waals surface area (Å²) in [6.45, 7) is 3.09. The van der Waals surface area contributed by atoms with Crippen LogP contribution in [0.4, 0.5) is 8.78 Å². The molecule has 2 aliphatic heterocycles. The van der Waals surface area contributed by atoms with Gasteiger partial charge in [0.15, 0.2) is 0 Å². The molecule has 1 aliphatic carbocycles. The molecule has 3 atom stereocenters. The minimum absolute atomic E-state index is 0.0349. The zero-order valence-corrected chi connectivity index (χ0v) is 27.0. The van der Waals surface area contributed by atoms with Gasteiger partial charge in [0.2, 0.25) is 17.7 Å². The minimum Gasteiger partial charge on any atom is -0.351 e. The molecule has 1 aromatic heterocycles. The summed E-state index contributed by atoms with van der Waals surface area (Å²) in [6.07, 6.45) is 6.81. The van der Waals surface area contributed by atoms with Crippen LogP contribution in [0.25, 0.3) is 10.9 Å². The number of carbonyl (C=O) groups excluding carboxylic acids is 4. The van der Waals surface area contributed by atoms with E-state index in [0.29, 0.717) is 43.3 Å². The minimum atomic E-state index is -3.04. The smallest absolute Gasteiger partial charge is 0.270 e. The van der Waals surface area contributed by atoms with Crippen LogP contribution in [0, 0.1) is 0 Å². The van der Waals surface area contributed by atoms with Crippen LogP contribution < -0.4 is 5.32 Å². The molecule has 0 bridgehead atoms. The van der Waals surface area contributed by atoms with Gasteiger partial charge in [0.25, 0.3) is 11.8 Å². The SMILES string of the molecule is CC(=O)N1CC[C@H]2CC[C@@H](C(=O)N(Cc3ccccc3)C3CCCCC3)N2C(=O)[C@@H](NC(=O)c2cc3cc(C(C)(F)F)ccc3[nH]2)C1. The maximum Gasteiger partial charge on any atom is 0.270 e. The van der Waals surface area contributed by atoms with E-state index in [0.717, 1.165) is 44.6 Å². The highest BCUT2D eigenvalue weighted by Crippen LogP contribution is 2.34. The summed E-state index contributed by atoms with van der Waals surface area (Å²) in [5.41, 5.74) is 1.48. The summed E-state index contributed by atoms with van der Waals surface area (Å²) >= 11 is 0. The molecule has 3 heterocycles. The Kier molecular flexibility index (Phi) is 9.34. The Bertz CT molecular complexity index is 1630. The number of halogens is 2. The number of hydrogen-bond acceptors (Lipinski definition) is 4. The third-order valence-electron chi connectivity index (χ3n) is 10.1. The summed E-state index contributed by atoms with van der Waals surface area (Å²) in [5.74, 6) is -4.30. The second-order valence-electron chi connectivity index (χ2n) is 13.4.